The van der Waals surface area contributed by atoms with Crippen molar-refractivity contribution < 1.29 is 27.4 Å². The highest BCUT2D eigenvalue weighted by Crippen LogP contribution is 2.36. The summed E-state index contributed by atoms with van der Waals surface area (Å²) in [6, 6.07) is 12.6. The van der Waals surface area contributed by atoms with E-state index in [-0.39, 0.29) is 30.0 Å². The van der Waals surface area contributed by atoms with Gasteiger partial charge in [0.1, 0.15) is 24.0 Å². The maximum absolute atomic E-state index is 13.0. The molecule has 0 aliphatic carbocycles. The smallest absolute Gasteiger partial charge is 0.341 e. The molecular formula is C23H27N7O6S. The Kier molecular flexibility index (Phi) is 6.81. The Hall–Kier alpha value is -3.59. The van der Waals surface area contributed by atoms with Crippen molar-refractivity contribution in [2.24, 2.45) is 0 Å². The topological polar surface area (TPSA) is 150 Å². The van der Waals surface area contributed by atoms with Gasteiger partial charge >= 0.3 is 6.01 Å². The zero-order valence-corrected chi connectivity index (χ0v) is 21.3. The summed E-state index contributed by atoms with van der Waals surface area (Å²) < 4.78 is 48.0. The quantitative estimate of drug-likeness (QED) is 0.435. The second kappa shape index (κ2) is 10.0. The Labute approximate surface area is 213 Å². The molecule has 37 heavy (non-hydrogen) atoms. The third-order valence-electron chi connectivity index (χ3n) is 6.14. The summed E-state index contributed by atoms with van der Waals surface area (Å²) in [6.45, 7) is 1.72. The monoisotopic (exact) mass is 529 g/mol. The van der Waals surface area contributed by atoms with Gasteiger partial charge in [0.05, 0.1) is 24.2 Å². The molecule has 196 valence electrons. The van der Waals surface area contributed by atoms with Crippen LogP contribution in [0.25, 0.3) is 0 Å². The molecule has 3 heterocycles. The number of nitrogens with zero attached hydrogens (tertiary/aromatic N) is 5. The van der Waals surface area contributed by atoms with Gasteiger partial charge in [-0.05, 0) is 46.8 Å². The van der Waals surface area contributed by atoms with Gasteiger partial charge in [-0.1, -0.05) is 11.2 Å². The number of fused-ring (bicyclic) bond motifs is 1. The van der Waals surface area contributed by atoms with Crippen molar-refractivity contribution in [2.75, 3.05) is 37.5 Å². The summed E-state index contributed by atoms with van der Waals surface area (Å²) in [5, 5.41) is 14.4. The molecule has 0 bridgehead atoms. The van der Waals surface area contributed by atoms with Crippen LogP contribution in [0.3, 0.4) is 0 Å². The first-order valence-electron chi connectivity index (χ1n) is 11.6. The molecule has 5 rings (SSSR count). The third-order valence-corrected chi connectivity index (χ3v) is 7.64. The van der Waals surface area contributed by atoms with Gasteiger partial charge in [0.25, 0.3) is 0 Å². The second-order valence-electron chi connectivity index (χ2n) is 9.00. The van der Waals surface area contributed by atoms with E-state index in [1.165, 1.54) is 35.9 Å². The van der Waals surface area contributed by atoms with E-state index in [1.54, 1.807) is 6.07 Å². The molecule has 13 nitrogen and oxygen atoms in total. The van der Waals surface area contributed by atoms with Crippen LogP contribution < -0.4 is 19.7 Å². The molecule has 0 saturated carbocycles. The zero-order valence-electron chi connectivity index (χ0n) is 20.4. The number of nitrogens with one attached hydrogen (secondary N) is 2. The molecular weight excluding hydrogens is 502 g/mol. The van der Waals surface area contributed by atoms with Crippen molar-refractivity contribution in [3.8, 4) is 11.8 Å². The van der Waals surface area contributed by atoms with Crippen molar-refractivity contribution >= 4 is 27.3 Å². The lowest BCUT2D eigenvalue weighted by molar-refractivity contribution is -0.114. The van der Waals surface area contributed by atoms with Gasteiger partial charge < -0.3 is 24.4 Å². The number of hydrogen-bond donors (Lipinski definition) is 2. The highest BCUT2D eigenvalue weighted by atomic mass is 32.2. The van der Waals surface area contributed by atoms with Crippen molar-refractivity contribution in [2.45, 2.75) is 36.1 Å². The summed E-state index contributed by atoms with van der Waals surface area (Å²) in [4.78, 5) is 13.2. The van der Waals surface area contributed by atoms with Crippen molar-refractivity contribution in [1.29, 1.82) is 0 Å². The Morgan fingerprint density at radius 1 is 1.11 bits per heavy atom. The number of benzene rings is 2. The molecule has 2 aromatic carbocycles. The number of amides is 1. The van der Waals surface area contributed by atoms with Gasteiger partial charge in [-0.2, -0.15) is 4.68 Å². The molecule has 3 aromatic rings. The van der Waals surface area contributed by atoms with E-state index in [9.17, 15) is 13.2 Å². The van der Waals surface area contributed by atoms with Crippen LogP contribution in [-0.2, 0) is 24.3 Å². The predicted molar refractivity (Wildman–Crippen MR) is 132 cm³/mol. The number of rotatable bonds is 8. The van der Waals surface area contributed by atoms with Gasteiger partial charge in [-0.15, -0.1) is 0 Å². The van der Waals surface area contributed by atoms with Crippen LogP contribution in [-0.4, -0.2) is 80.1 Å². The molecule has 2 aliphatic heterocycles. The summed E-state index contributed by atoms with van der Waals surface area (Å²) in [5.41, 5.74) is 1.46. The molecule has 2 aliphatic rings. The van der Waals surface area contributed by atoms with Crippen LogP contribution in [0.1, 0.15) is 13.0 Å². The van der Waals surface area contributed by atoms with Crippen molar-refractivity contribution in [3.63, 3.8) is 0 Å². The molecule has 2 N–H and O–H groups in total. The minimum absolute atomic E-state index is 0.0655. The first kappa shape index (κ1) is 25.1. The minimum atomic E-state index is -3.86. The Morgan fingerprint density at radius 3 is 2.59 bits per heavy atom. The molecule has 1 amide bonds. The molecule has 0 spiro atoms. The Morgan fingerprint density at radius 2 is 1.86 bits per heavy atom. The lowest BCUT2D eigenvalue weighted by Crippen LogP contribution is -2.44. The summed E-state index contributed by atoms with van der Waals surface area (Å²) in [7, 11) is 0.00791. The number of sulfonamides is 1. The van der Waals surface area contributed by atoms with Crippen LogP contribution in [0.15, 0.2) is 53.4 Å². The van der Waals surface area contributed by atoms with Crippen LogP contribution >= 0.6 is 0 Å². The molecule has 4 unspecified atom stereocenters. The van der Waals surface area contributed by atoms with E-state index >= 15 is 0 Å². The van der Waals surface area contributed by atoms with E-state index in [4.69, 9.17) is 14.2 Å². The maximum Gasteiger partial charge on any atom is 0.341 e. The predicted octanol–water partition coefficient (Wildman–Crippen LogP) is 1.18. The Balaban J connectivity index is 1.27. The fourth-order valence-corrected chi connectivity index (χ4v) is 5.60. The van der Waals surface area contributed by atoms with Crippen molar-refractivity contribution in [3.05, 3.63) is 48.5 Å². The van der Waals surface area contributed by atoms with Crippen LogP contribution in [0.5, 0.6) is 11.8 Å². The lowest BCUT2D eigenvalue weighted by atomic mass is 10.1. The number of tetrazole rings is 1. The van der Waals surface area contributed by atoms with E-state index in [2.05, 4.69) is 25.6 Å². The van der Waals surface area contributed by atoms with E-state index < -0.39 is 34.3 Å². The van der Waals surface area contributed by atoms with Gasteiger partial charge in [0.15, 0.2) is 0 Å². The third kappa shape index (κ3) is 5.27. The highest BCUT2D eigenvalue weighted by Gasteiger charge is 2.50. The molecule has 14 heteroatoms. The minimum Gasteiger partial charge on any atom is -0.423 e. The van der Waals surface area contributed by atoms with E-state index in [0.29, 0.717) is 11.4 Å². The SMILES string of the molecule is CC(=O)Nc1ccc(S(=O)(=O)NC2COC3C2OCC3n2nnnc2Oc2cccc(N(C)C)c2)cc1. The highest BCUT2D eigenvalue weighted by molar-refractivity contribution is 7.89. The number of hydrogen-bond acceptors (Lipinski definition) is 10. The first-order chi connectivity index (χ1) is 17.7. The van der Waals surface area contributed by atoms with Crippen LogP contribution in [0.4, 0.5) is 11.4 Å². The van der Waals surface area contributed by atoms with E-state index in [1.807, 2.05) is 37.2 Å². The zero-order chi connectivity index (χ0) is 26.2. The van der Waals surface area contributed by atoms with Crippen LogP contribution in [0.2, 0.25) is 0 Å². The molecule has 2 fully saturated rings. The van der Waals surface area contributed by atoms with Gasteiger partial charge in [-0.25, -0.2) is 13.1 Å². The Bertz CT molecular complexity index is 1380. The van der Waals surface area contributed by atoms with E-state index in [0.717, 1.165) is 5.69 Å². The van der Waals surface area contributed by atoms with Crippen LogP contribution in [0, 0.1) is 0 Å². The average molecular weight is 530 g/mol. The maximum atomic E-state index is 13.0. The molecule has 4 atom stereocenters. The largest absolute Gasteiger partial charge is 0.423 e. The van der Waals surface area contributed by atoms with Gasteiger partial charge in [0.2, 0.25) is 15.9 Å². The second-order valence-corrected chi connectivity index (χ2v) is 10.7. The lowest BCUT2D eigenvalue weighted by Gasteiger charge is -2.18. The number of carbonyl (C=O) groups is 1. The number of aromatic nitrogens is 4. The summed E-state index contributed by atoms with van der Waals surface area (Å²) in [5.74, 6) is 0.328. The first-order valence-corrected chi connectivity index (χ1v) is 13.1. The number of ether oxygens (including phenoxy) is 3. The summed E-state index contributed by atoms with van der Waals surface area (Å²) in [6.07, 6.45) is -1.01. The number of anilines is 2. The standard InChI is InChI=1S/C23H27N7O6S/c1-14(31)24-15-7-9-18(10-8-15)37(32,33)26-19-12-34-22-20(13-35-21(19)22)30-23(25-27-28-30)36-17-6-4-5-16(11-17)29(2)3/h4-11,19-22,26H,12-13H2,1-3H3,(H,24,31). The molecule has 2 saturated heterocycles. The molecule has 1 aromatic heterocycles. The van der Waals surface area contributed by atoms with Gasteiger partial charge in [-0.3, -0.25) is 4.79 Å². The van der Waals surface area contributed by atoms with Crippen molar-refractivity contribution in [1.82, 2.24) is 24.9 Å². The average Bonchev–Trinajstić information content (AvgIpc) is 3.57. The normalized spacial score (nSPS) is 23.0. The summed E-state index contributed by atoms with van der Waals surface area (Å²) >= 11 is 0. The fourth-order valence-electron chi connectivity index (χ4n) is 4.37. The number of carbonyl (C=O) groups excluding carboxylic acids is 1. The fraction of sp³-hybridized carbons (Fsp3) is 0.391. The molecule has 0 radical (unpaired) electrons. The van der Waals surface area contributed by atoms with Gasteiger partial charge in [0, 0.05) is 38.5 Å².